The zero-order valence-electron chi connectivity index (χ0n) is 16.9. The molecule has 0 aliphatic carbocycles. The predicted molar refractivity (Wildman–Crippen MR) is 109 cm³/mol. The number of hydrogen-bond acceptors (Lipinski definition) is 6. The van der Waals surface area contributed by atoms with Crippen molar-refractivity contribution in [3.63, 3.8) is 0 Å². The van der Waals surface area contributed by atoms with Crippen LogP contribution in [0.15, 0.2) is 46.0 Å². The van der Waals surface area contributed by atoms with Gasteiger partial charge in [0, 0.05) is 29.9 Å². The van der Waals surface area contributed by atoms with Gasteiger partial charge < -0.3 is 13.8 Å². The van der Waals surface area contributed by atoms with Crippen molar-refractivity contribution in [1.82, 2.24) is 19.7 Å². The van der Waals surface area contributed by atoms with Crippen LogP contribution in [-0.4, -0.2) is 32.7 Å². The van der Waals surface area contributed by atoms with Crippen LogP contribution in [0.5, 0.6) is 5.75 Å². The van der Waals surface area contributed by atoms with Crippen molar-refractivity contribution < 1.29 is 22.4 Å². The maximum Gasteiger partial charge on any atom is 0.272 e. The maximum atomic E-state index is 14.2. The van der Waals surface area contributed by atoms with Crippen LogP contribution >= 0.6 is 0 Å². The Morgan fingerprint density at radius 1 is 1.31 bits per heavy atom. The molecule has 32 heavy (non-hydrogen) atoms. The Kier molecular flexibility index (Phi) is 4.91. The average molecular weight is 442 g/mol. The average Bonchev–Trinajstić information content (AvgIpc) is 3.26. The van der Waals surface area contributed by atoms with E-state index in [1.165, 1.54) is 30.5 Å². The summed E-state index contributed by atoms with van der Waals surface area (Å²) < 4.78 is 51.2. The zero-order chi connectivity index (χ0) is 22.4. The fourth-order valence-electron chi connectivity index (χ4n) is 3.95. The first kappa shape index (κ1) is 20.2. The standard InChI is InChI=1S/C22H17F3N4O3/c1-11-2-3-12-6-13(23)7-15-19(12)29(11)9-16(20(15)30)22-27-21(28-32-22)17-8-14(4-5-26-17)31-10-18(24)25/h4-9,11,18H,2-3,10H2,1H3. The van der Waals surface area contributed by atoms with E-state index in [0.717, 1.165) is 12.0 Å². The summed E-state index contributed by atoms with van der Waals surface area (Å²) in [7, 11) is 0. The Morgan fingerprint density at radius 3 is 2.97 bits per heavy atom. The lowest BCUT2D eigenvalue weighted by atomic mass is 9.96. The Bertz CT molecular complexity index is 1380. The number of rotatable bonds is 5. The lowest BCUT2D eigenvalue weighted by Crippen LogP contribution is -2.20. The molecule has 0 amide bonds. The number of pyridine rings is 2. The van der Waals surface area contributed by atoms with E-state index in [0.29, 0.717) is 11.9 Å². The number of hydrogen-bond donors (Lipinski definition) is 0. The molecule has 3 aromatic heterocycles. The topological polar surface area (TPSA) is 83.0 Å². The first-order chi connectivity index (χ1) is 15.4. The third kappa shape index (κ3) is 3.51. The van der Waals surface area contributed by atoms with E-state index in [1.54, 1.807) is 6.20 Å². The molecule has 1 unspecified atom stereocenters. The molecule has 1 atom stereocenters. The second-order valence-corrected chi connectivity index (χ2v) is 7.63. The normalized spacial score (nSPS) is 15.5. The number of aromatic nitrogens is 4. The van der Waals surface area contributed by atoms with Crippen molar-refractivity contribution in [3.8, 4) is 28.7 Å². The Morgan fingerprint density at radius 2 is 2.16 bits per heavy atom. The van der Waals surface area contributed by atoms with Gasteiger partial charge in [0.05, 0.1) is 5.52 Å². The second kappa shape index (κ2) is 7.77. The van der Waals surface area contributed by atoms with Crippen LogP contribution < -0.4 is 10.2 Å². The van der Waals surface area contributed by atoms with Crippen LogP contribution in [0, 0.1) is 5.82 Å². The predicted octanol–water partition coefficient (Wildman–Crippen LogP) is 4.40. The Labute approximate surface area is 179 Å². The van der Waals surface area contributed by atoms with Gasteiger partial charge in [0.1, 0.15) is 29.4 Å². The number of alkyl halides is 2. The number of benzene rings is 1. The summed E-state index contributed by atoms with van der Waals surface area (Å²) in [6.45, 7) is 1.27. The van der Waals surface area contributed by atoms with Crippen LogP contribution in [0.3, 0.4) is 0 Å². The molecule has 164 valence electrons. The van der Waals surface area contributed by atoms with Gasteiger partial charge in [-0.1, -0.05) is 5.16 Å². The van der Waals surface area contributed by atoms with E-state index in [1.807, 2.05) is 11.5 Å². The molecule has 0 fully saturated rings. The molecule has 0 N–H and O–H groups in total. The fourth-order valence-corrected chi connectivity index (χ4v) is 3.95. The highest BCUT2D eigenvalue weighted by atomic mass is 19.3. The molecule has 4 aromatic rings. The van der Waals surface area contributed by atoms with Crippen molar-refractivity contribution in [2.24, 2.45) is 0 Å². The Balaban J connectivity index is 1.58. The molecule has 5 rings (SSSR count). The van der Waals surface area contributed by atoms with Crippen LogP contribution in [0.25, 0.3) is 33.9 Å². The molecule has 4 heterocycles. The molecule has 0 spiro atoms. The summed E-state index contributed by atoms with van der Waals surface area (Å²) in [6.07, 6.45) is 1.90. The third-order valence-electron chi connectivity index (χ3n) is 5.47. The van der Waals surface area contributed by atoms with Crippen molar-refractivity contribution >= 4 is 10.9 Å². The smallest absolute Gasteiger partial charge is 0.272 e. The highest BCUT2D eigenvalue weighted by Gasteiger charge is 2.24. The van der Waals surface area contributed by atoms with Gasteiger partial charge in [0.15, 0.2) is 0 Å². The minimum atomic E-state index is -2.61. The summed E-state index contributed by atoms with van der Waals surface area (Å²) in [5.74, 6) is -0.277. The summed E-state index contributed by atoms with van der Waals surface area (Å²) in [4.78, 5) is 21.5. The van der Waals surface area contributed by atoms with Crippen molar-refractivity contribution in [2.45, 2.75) is 32.2 Å². The molecule has 7 nitrogen and oxygen atoms in total. The molecule has 1 aliphatic rings. The quantitative estimate of drug-likeness (QED) is 0.456. The van der Waals surface area contributed by atoms with Crippen molar-refractivity contribution in [3.05, 3.63) is 58.3 Å². The van der Waals surface area contributed by atoms with Crippen LogP contribution in [-0.2, 0) is 6.42 Å². The van der Waals surface area contributed by atoms with Gasteiger partial charge >= 0.3 is 0 Å². The monoisotopic (exact) mass is 442 g/mol. The van der Waals surface area contributed by atoms with Crippen molar-refractivity contribution in [2.75, 3.05) is 6.61 Å². The number of halogens is 3. The number of ether oxygens (including phenoxy) is 1. The van der Waals surface area contributed by atoms with Gasteiger partial charge in [0.2, 0.25) is 11.3 Å². The maximum absolute atomic E-state index is 14.2. The van der Waals surface area contributed by atoms with E-state index in [-0.39, 0.29) is 40.2 Å². The van der Waals surface area contributed by atoms with E-state index < -0.39 is 24.3 Å². The summed E-state index contributed by atoms with van der Waals surface area (Å²) in [5.41, 5.74) is 1.47. The fraction of sp³-hybridized carbons (Fsp3) is 0.273. The molecule has 0 bridgehead atoms. The summed E-state index contributed by atoms with van der Waals surface area (Å²) in [6, 6.07) is 5.62. The molecule has 0 radical (unpaired) electrons. The van der Waals surface area contributed by atoms with Crippen LogP contribution in [0.2, 0.25) is 0 Å². The molecular formula is C22H17F3N4O3. The largest absolute Gasteiger partial charge is 0.488 e. The van der Waals surface area contributed by atoms with E-state index in [9.17, 15) is 18.0 Å². The van der Waals surface area contributed by atoms with Gasteiger partial charge in [-0.2, -0.15) is 4.98 Å². The van der Waals surface area contributed by atoms with Gasteiger partial charge in [-0.05, 0) is 43.5 Å². The van der Waals surface area contributed by atoms with Crippen LogP contribution in [0.1, 0.15) is 24.9 Å². The Hall–Kier alpha value is -3.69. The molecule has 1 aromatic carbocycles. The third-order valence-corrected chi connectivity index (χ3v) is 5.47. The van der Waals surface area contributed by atoms with Gasteiger partial charge in [-0.3, -0.25) is 9.78 Å². The van der Waals surface area contributed by atoms with Gasteiger partial charge in [0.25, 0.3) is 12.3 Å². The lowest BCUT2D eigenvalue weighted by Gasteiger charge is -2.26. The molecule has 0 saturated heterocycles. The number of aryl methyl sites for hydroxylation is 1. The highest BCUT2D eigenvalue weighted by Crippen LogP contribution is 2.32. The van der Waals surface area contributed by atoms with Crippen LogP contribution in [0.4, 0.5) is 13.2 Å². The molecule has 0 saturated carbocycles. The summed E-state index contributed by atoms with van der Waals surface area (Å²) >= 11 is 0. The zero-order valence-corrected chi connectivity index (χ0v) is 16.9. The van der Waals surface area contributed by atoms with E-state index in [4.69, 9.17) is 9.26 Å². The van der Waals surface area contributed by atoms with E-state index in [2.05, 4.69) is 15.1 Å². The second-order valence-electron chi connectivity index (χ2n) is 7.63. The molecular weight excluding hydrogens is 425 g/mol. The minimum absolute atomic E-state index is 0.0417. The lowest BCUT2D eigenvalue weighted by molar-refractivity contribution is 0.0819. The minimum Gasteiger partial charge on any atom is -0.488 e. The van der Waals surface area contributed by atoms with Gasteiger partial charge in [-0.15, -0.1) is 0 Å². The first-order valence-corrected chi connectivity index (χ1v) is 9.99. The van der Waals surface area contributed by atoms with E-state index >= 15 is 0 Å². The molecule has 1 aliphatic heterocycles. The summed E-state index contributed by atoms with van der Waals surface area (Å²) in [5, 5.41) is 4.12. The molecule has 10 heteroatoms. The highest BCUT2D eigenvalue weighted by molar-refractivity contribution is 5.86. The first-order valence-electron chi connectivity index (χ1n) is 9.99. The van der Waals surface area contributed by atoms with Gasteiger partial charge in [-0.25, -0.2) is 13.2 Å². The van der Waals surface area contributed by atoms with Crippen molar-refractivity contribution in [1.29, 1.82) is 0 Å². The number of nitrogens with zero attached hydrogens (tertiary/aromatic N) is 4. The SMILES string of the molecule is CC1CCc2cc(F)cc3c(=O)c(-c4nc(-c5cc(OCC(F)F)ccn5)no4)cn1c23.